The van der Waals surface area contributed by atoms with Crippen LogP contribution in [0.25, 0.3) is 87.6 Å². The molecular weight excluding hydrogens is 1600 g/mol. The van der Waals surface area contributed by atoms with Crippen LogP contribution in [0.4, 0.5) is 45.9 Å². The molecule has 0 saturated carbocycles. The first-order valence-corrected chi connectivity index (χ1v) is 42.6. The van der Waals surface area contributed by atoms with E-state index < -0.39 is 0 Å². The number of aromatic amines is 3. The number of aromatic nitrogens is 21. The van der Waals surface area contributed by atoms with Gasteiger partial charge in [0.05, 0.1) is 111 Å². The SMILES string of the molecule is CCn1nc(C)c2cc(Nc3n[nH]c4cccnc34)ccc21.COC(=O)Cn1nc(C)c2cc(Nc3n[nH]c4cccnc34)ccc21.Cc1nn(C2CCOCC2)c2ccc(Nc3n[nH]c4cccnc34)cc12.Cc1nn(CC(C)(C)C)c2ccc(NC3=NCc4cccnc43)cc12.Cc1nn(CC2CC(C(C)C)=NO2)c2ccc(NC3=NCc4cccnc43)cc12. The van der Waals surface area contributed by atoms with Gasteiger partial charge in [0.1, 0.15) is 34.5 Å². The Hall–Kier alpha value is -15.2. The van der Waals surface area contributed by atoms with Crippen LogP contribution < -0.4 is 26.6 Å². The van der Waals surface area contributed by atoms with Crippen molar-refractivity contribution in [2.75, 3.05) is 46.9 Å². The second-order valence-corrected chi connectivity index (χ2v) is 33.4. The molecule has 13 aromatic heterocycles. The number of hydrogen-bond acceptors (Lipinski definition) is 25. The Morgan fingerprint density at radius 1 is 0.488 bits per heavy atom. The lowest BCUT2D eigenvalue weighted by atomic mass is 9.97. The van der Waals surface area contributed by atoms with Crippen molar-refractivity contribution in [3.63, 3.8) is 0 Å². The molecule has 1 saturated heterocycles. The molecule has 0 radical (unpaired) electrons. The molecule has 1 atom stereocenters. The van der Waals surface area contributed by atoms with Crippen molar-refractivity contribution in [1.82, 2.24) is 104 Å². The lowest BCUT2D eigenvalue weighted by molar-refractivity contribution is -0.141. The monoisotopic (exact) mass is 1700 g/mol. The maximum Gasteiger partial charge on any atom is 0.327 e. The lowest BCUT2D eigenvalue weighted by Gasteiger charge is -2.23. The van der Waals surface area contributed by atoms with Crippen LogP contribution in [0.3, 0.4) is 0 Å². The predicted molar refractivity (Wildman–Crippen MR) is 498 cm³/mol. The quantitative estimate of drug-likeness (QED) is 0.0417. The molecule has 127 heavy (non-hydrogen) atoms. The number of oxime groups is 1. The topological polar surface area (TPSA) is 382 Å². The fourth-order valence-corrected chi connectivity index (χ4v) is 16.3. The largest absolute Gasteiger partial charge is 0.468 e. The van der Waals surface area contributed by atoms with Gasteiger partial charge in [0, 0.05) is 130 Å². The van der Waals surface area contributed by atoms with Crippen LogP contribution in [0, 0.1) is 46.0 Å². The molecule has 5 aromatic carbocycles. The first-order valence-electron chi connectivity index (χ1n) is 42.6. The highest BCUT2D eigenvalue weighted by molar-refractivity contribution is 6.11. The molecule has 18 aromatic rings. The molecule has 33 heteroatoms. The number of amidine groups is 2. The van der Waals surface area contributed by atoms with Crippen molar-refractivity contribution in [2.45, 2.75) is 147 Å². The zero-order valence-corrected chi connectivity index (χ0v) is 72.9. The Morgan fingerprint density at radius 3 is 1.33 bits per heavy atom. The van der Waals surface area contributed by atoms with Gasteiger partial charge in [-0.1, -0.05) is 51.9 Å². The summed E-state index contributed by atoms with van der Waals surface area (Å²) >= 11 is 0. The average molecular weight is 1700 g/mol. The second kappa shape index (κ2) is 35.6. The molecule has 4 aliphatic rings. The number of rotatable bonds is 16. The zero-order chi connectivity index (χ0) is 87.6. The number of fused-ring (bicyclic) bond motifs is 10. The number of hydrogen-bond donors (Lipinski definition) is 8. The summed E-state index contributed by atoms with van der Waals surface area (Å²) in [5, 5.41) is 71.7. The fourth-order valence-electron chi connectivity index (χ4n) is 16.3. The van der Waals surface area contributed by atoms with E-state index in [0.29, 0.717) is 37.4 Å². The first kappa shape index (κ1) is 82.8. The minimum atomic E-state index is -0.333. The van der Waals surface area contributed by atoms with Gasteiger partial charge in [-0.05, 0) is 205 Å². The molecule has 0 amide bonds. The smallest absolute Gasteiger partial charge is 0.327 e. The molecular formula is C94H99N29O4. The van der Waals surface area contributed by atoms with E-state index in [1.807, 2.05) is 109 Å². The van der Waals surface area contributed by atoms with Gasteiger partial charge in [-0.15, -0.1) is 0 Å². The van der Waals surface area contributed by atoms with Gasteiger partial charge in [0.15, 0.2) is 35.2 Å². The van der Waals surface area contributed by atoms with Crippen LogP contribution >= 0.6 is 0 Å². The molecule has 644 valence electrons. The molecule has 8 N–H and O–H groups in total. The summed E-state index contributed by atoms with van der Waals surface area (Å²) in [5.74, 6) is 3.88. The summed E-state index contributed by atoms with van der Waals surface area (Å²) in [6.07, 6.45) is 11.8. The van der Waals surface area contributed by atoms with Gasteiger partial charge in [-0.2, -0.15) is 40.8 Å². The molecule has 0 bridgehead atoms. The number of carbonyl (C=O) groups excluding carboxylic acids is 1. The third-order valence-electron chi connectivity index (χ3n) is 22.7. The summed E-state index contributed by atoms with van der Waals surface area (Å²) in [6, 6.07) is 51.0. The summed E-state index contributed by atoms with van der Waals surface area (Å²) in [5.41, 5.74) is 25.9. The highest BCUT2D eigenvalue weighted by atomic mass is 16.6. The van der Waals surface area contributed by atoms with Gasteiger partial charge < -0.3 is 40.9 Å². The number of aliphatic imine (C=N–C) groups is 2. The maximum absolute atomic E-state index is 11.5. The molecule has 33 nitrogen and oxygen atoms in total. The molecule has 1 fully saturated rings. The number of aryl methyl sites for hydroxylation is 6. The van der Waals surface area contributed by atoms with Crippen LogP contribution in [-0.4, -0.2) is 154 Å². The van der Waals surface area contributed by atoms with Crippen molar-refractivity contribution in [2.24, 2.45) is 26.5 Å². The van der Waals surface area contributed by atoms with E-state index in [2.05, 4.69) is 251 Å². The number of H-pyrrole nitrogens is 3. The highest BCUT2D eigenvalue weighted by Crippen LogP contribution is 2.36. The third kappa shape index (κ3) is 17.8. The number of esters is 1. The van der Waals surface area contributed by atoms with Gasteiger partial charge in [0.25, 0.3) is 0 Å². The van der Waals surface area contributed by atoms with Crippen molar-refractivity contribution in [3.8, 4) is 0 Å². The van der Waals surface area contributed by atoms with E-state index in [-0.39, 0.29) is 24.0 Å². The summed E-state index contributed by atoms with van der Waals surface area (Å²) in [7, 11) is 1.37. The normalized spacial score (nSPS) is 14.2. The zero-order valence-electron chi connectivity index (χ0n) is 72.9. The van der Waals surface area contributed by atoms with Gasteiger partial charge in [0.2, 0.25) is 0 Å². The summed E-state index contributed by atoms with van der Waals surface area (Å²) in [6.45, 7) is 28.7. The van der Waals surface area contributed by atoms with Crippen LogP contribution in [0.15, 0.2) is 198 Å². The number of nitrogens with zero attached hydrogens (tertiary/aromatic N) is 21. The molecule has 4 aliphatic heterocycles. The van der Waals surface area contributed by atoms with Crippen molar-refractivity contribution < 1.29 is 19.1 Å². The molecule has 1 unspecified atom stereocenters. The van der Waals surface area contributed by atoms with Gasteiger partial charge >= 0.3 is 5.97 Å². The van der Waals surface area contributed by atoms with Crippen LogP contribution in [0.2, 0.25) is 0 Å². The summed E-state index contributed by atoms with van der Waals surface area (Å²) < 4.78 is 20.2. The standard InChI is InChI=1S/C22H24N6O.C20H23N5.C19H20N6O.C17H16N6O2.C16H16N6/c1-13(2)19-10-17(29-27-19)12-28-20-7-6-16(9-18(20)14(3)26-28)25-22-21-15(11-24-22)5-4-8-23-21;1-13-16-10-15(7-8-17(16)25(24-13)12-20(2,3)4)23-19-18-14(11-22-19)6-5-9-21-18;1-12-15-11-13(21-19-18-16(22-23-19)3-2-8-20-18)4-5-17(15)25(24-12)14-6-9-26-10-7-14;1-10-12-8-11(5-6-14(12)23(22-10)9-15(24)25-2)19-17-16-13(20-21-17)4-3-7-18-16;1-3-22-14-7-6-11(9-12(14)10(2)21-22)18-16-15-13(19-20-16)5-4-8-17-15/h4-9,13,17H,10-12H2,1-3H3,(H,24,25);5-10H,11-12H2,1-4H3,(H,22,23);2-5,8,11,14H,6-7,9-10H2,1H3,(H2,21,22,23);3-8H,9H2,1-2H3,(H2,19,20,21);4-9H,3H2,1-2H3,(H2,18,19,20). The molecule has 22 rings (SSSR count). The van der Waals surface area contributed by atoms with E-state index in [1.165, 1.54) is 29.1 Å². The lowest BCUT2D eigenvalue weighted by Crippen LogP contribution is -2.20. The van der Waals surface area contributed by atoms with Gasteiger partial charge in [-0.3, -0.25) is 78.4 Å². The van der Waals surface area contributed by atoms with Crippen LogP contribution in [0.1, 0.15) is 118 Å². The minimum Gasteiger partial charge on any atom is -0.468 e. The predicted octanol–water partition coefficient (Wildman–Crippen LogP) is 17.7. The second-order valence-electron chi connectivity index (χ2n) is 33.4. The molecule has 0 spiro atoms. The Labute approximate surface area is 730 Å². The first-order chi connectivity index (χ1) is 61.7. The van der Waals surface area contributed by atoms with E-state index in [0.717, 1.165) is 220 Å². The Bertz CT molecular complexity index is 7220. The maximum atomic E-state index is 11.5. The number of anilines is 8. The number of carbonyl (C=O) groups is 1. The Kier molecular flexibility index (Phi) is 23.2. The van der Waals surface area contributed by atoms with Crippen LogP contribution in [-0.2, 0) is 58.4 Å². The van der Waals surface area contributed by atoms with E-state index >= 15 is 0 Å². The van der Waals surface area contributed by atoms with E-state index in [4.69, 9.17) is 29.6 Å². The minimum absolute atomic E-state index is 0.0446. The summed E-state index contributed by atoms with van der Waals surface area (Å²) in [4.78, 5) is 48.3. The Morgan fingerprint density at radius 2 is 0.882 bits per heavy atom. The highest BCUT2D eigenvalue weighted by Gasteiger charge is 2.28. The van der Waals surface area contributed by atoms with Crippen molar-refractivity contribution in [1.29, 1.82) is 0 Å². The third-order valence-corrected chi connectivity index (χ3v) is 22.7. The van der Waals surface area contributed by atoms with Crippen molar-refractivity contribution >= 4 is 157 Å². The van der Waals surface area contributed by atoms with E-state index in [9.17, 15) is 4.79 Å². The van der Waals surface area contributed by atoms with Gasteiger partial charge in [-0.25, -0.2) is 0 Å². The number of pyridine rings is 5. The number of methoxy groups -OCH3 is 1. The average Bonchev–Trinajstić information content (AvgIpc) is 1.67. The number of ether oxygens (including phenoxy) is 2. The van der Waals surface area contributed by atoms with Crippen LogP contribution in [0.5, 0.6) is 0 Å². The fraction of sp³-hybridized carbons (Fsp3) is 0.287. The molecule has 17 heterocycles. The number of nitrogens with one attached hydrogen (secondary N) is 8. The number of benzene rings is 5. The Balaban J connectivity index is 0.000000108. The van der Waals surface area contributed by atoms with Crippen molar-refractivity contribution in [3.05, 3.63) is 234 Å². The van der Waals surface area contributed by atoms with E-state index in [1.54, 1.807) is 29.5 Å². The molecule has 0 aliphatic carbocycles.